The van der Waals surface area contributed by atoms with Crippen LogP contribution in [0.25, 0.3) is 5.82 Å². The fourth-order valence-electron chi connectivity index (χ4n) is 2.37. The molecule has 3 rings (SSSR count). The summed E-state index contributed by atoms with van der Waals surface area (Å²) in [5, 5.41) is 10.0. The molecule has 1 aromatic carbocycles. The zero-order chi connectivity index (χ0) is 18.5. The monoisotopic (exact) mass is 354 g/mol. The molecule has 0 aliphatic carbocycles. The quantitative estimate of drug-likeness (QED) is 0.663. The normalized spacial score (nSPS) is 10.6. The average Bonchev–Trinajstić information content (AvgIpc) is 3.15. The Kier molecular flexibility index (Phi) is 5.21. The van der Waals surface area contributed by atoms with Crippen LogP contribution in [0.5, 0.6) is 0 Å². The van der Waals surface area contributed by atoms with Crippen LogP contribution in [-0.2, 0) is 0 Å². The number of nitrogens with zero attached hydrogens (tertiary/aromatic N) is 4. The molecule has 0 saturated carbocycles. The summed E-state index contributed by atoms with van der Waals surface area (Å²) in [5.41, 5.74) is 0.808. The van der Waals surface area contributed by atoms with Crippen LogP contribution >= 0.6 is 0 Å². The van der Waals surface area contributed by atoms with Gasteiger partial charge in [-0.15, -0.1) is 0 Å². The van der Waals surface area contributed by atoms with Crippen LogP contribution < -0.4 is 10.6 Å². The van der Waals surface area contributed by atoms with E-state index in [2.05, 4.69) is 25.7 Å². The third kappa shape index (κ3) is 4.21. The van der Waals surface area contributed by atoms with Crippen molar-refractivity contribution in [2.75, 3.05) is 18.4 Å². The molecule has 0 radical (unpaired) electrons. The number of hydrogen-bond donors (Lipinski definition) is 2. The van der Waals surface area contributed by atoms with Crippen LogP contribution in [0.3, 0.4) is 0 Å². The number of aryl methyl sites for hydroxylation is 2. The lowest BCUT2D eigenvalue weighted by atomic mass is 10.1. The summed E-state index contributed by atoms with van der Waals surface area (Å²) in [5.74, 6) is 1.20. The predicted molar refractivity (Wildman–Crippen MR) is 95.9 cm³/mol. The van der Waals surface area contributed by atoms with E-state index in [9.17, 15) is 9.18 Å². The van der Waals surface area contributed by atoms with E-state index >= 15 is 0 Å². The lowest BCUT2D eigenvalue weighted by molar-refractivity contribution is 0.0954. The second-order valence-corrected chi connectivity index (χ2v) is 5.76. The molecule has 134 valence electrons. The molecule has 0 bridgehead atoms. The summed E-state index contributed by atoms with van der Waals surface area (Å²) in [4.78, 5) is 20.7. The molecule has 0 fully saturated rings. The van der Waals surface area contributed by atoms with E-state index in [1.165, 1.54) is 6.07 Å². The molecule has 0 aliphatic rings. The summed E-state index contributed by atoms with van der Waals surface area (Å²) in [6.45, 7) is 4.29. The van der Waals surface area contributed by atoms with Gasteiger partial charge in [0.15, 0.2) is 5.82 Å². The number of benzene rings is 1. The lowest BCUT2D eigenvalue weighted by Crippen LogP contribution is -2.29. The number of hydrogen-bond acceptors (Lipinski definition) is 5. The van der Waals surface area contributed by atoms with Crippen LogP contribution in [0.4, 0.5) is 10.2 Å². The van der Waals surface area contributed by atoms with E-state index < -0.39 is 5.82 Å². The molecular weight excluding hydrogens is 335 g/mol. The molecule has 0 unspecified atom stereocenters. The van der Waals surface area contributed by atoms with Crippen LogP contribution in [-0.4, -0.2) is 38.7 Å². The SMILES string of the molecule is Cc1nc(NCCNC(=O)c2ccc(C)c(F)c2)cc(-n2cccn2)n1. The van der Waals surface area contributed by atoms with E-state index in [1.54, 1.807) is 49.1 Å². The Bertz CT molecular complexity index is 910. The van der Waals surface area contributed by atoms with Crippen molar-refractivity contribution in [3.05, 3.63) is 65.5 Å². The average molecular weight is 354 g/mol. The summed E-state index contributed by atoms with van der Waals surface area (Å²) < 4.78 is 15.2. The molecule has 2 aromatic heterocycles. The number of carbonyl (C=O) groups is 1. The van der Waals surface area contributed by atoms with Gasteiger partial charge in [-0.25, -0.2) is 19.0 Å². The van der Waals surface area contributed by atoms with Gasteiger partial charge in [0.25, 0.3) is 5.91 Å². The van der Waals surface area contributed by atoms with Gasteiger partial charge in [0.2, 0.25) is 0 Å². The van der Waals surface area contributed by atoms with Gasteiger partial charge in [-0.1, -0.05) is 6.07 Å². The van der Waals surface area contributed by atoms with Crippen molar-refractivity contribution >= 4 is 11.7 Å². The Balaban J connectivity index is 1.55. The minimum atomic E-state index is -0.390. The Labute approximate surface area is 150 Å². The first-order valence-electron chi connectivity index (χ1n) is 8.17. The number of anilines is 1. The summed E-state index contributed by atoms with van der Waals surface area (Å²) in [6.07, 6.45) is 3.47. The zero-order valence-corrected chi connectivity index (χ0v) is 14.5. The lowest BCUT2D eigenvalue weighted by Gasteiger charge is -2.10. The van der Waals surface area contributed by atoms with E-state index in [0.717, 1.165) is 0 Å². The Morgan fingerprint density at radius 2 is 2.04 bits per heavy atom. The maximum Gasteiger partial charge on any atom is 0.251 e. The Morgan fingerprint density at radius 1 is 1.19 bits per heavy atom. The van der Waals surface area contributed by atoms with Crippen molar-refractivity contribution in [1.82, 2.24) is 25.1 Å². The minimum Gasteiger partial charge on any atom is -0.368 e. The molecule has 0 atom stereocenters. The van der Waals surface area contributed by atoms with Gasteiger partial charge in [0.1, 0.15) is 17.5 Å². The van der Waals surface area contributed by atoms with Crippen LogP contribution in [0, 0.1) is 19.7 Å². The molecule has 0 aliphatic heterocycles. The highest BCUT2D eigenvalue weighted by Gasteiger charge is 2.08. The molecule has 2 heterocycles. The van der Waals surface area contributed by atoms with Crippen molar-refractivity contribution in [2.45, 2.75) is 13.8 Å². The molecule has 7 nitrogen and oxygen atoms in total. The highest BCUT2D eigenvalue weighted by Crippen LogP contribution is 2.10. The Morgan fingerprint density at radius 3 is 2.77 bits per heavy atom. The van der Waals surface area contributed by atoms with Gasteiger partial charge in [0.05, 0.1) is 0 Å². The number of halogens is 1. The standard InChI is InChI=1S/C18H19FN6O/c1-12-4-5-14(10-15(12)19)18(26)21-8-7-20-16-11-17(24-13(2)23-16)25-9-3-6-22-25/h3-6,9-11H,7-8H2,1-2H3,(H,21,26)(H,20,23,24). The van der Waals surface area contributed by atoms with Crippen LogP contribution in [0.1, 0.15) is 21.7 Å². The summed E-state index contributed by atoms with van der Waals surface area (Å²) >= 11 is 0. The topological polar surface area (TPSA) is 84.7 Å². The zero-order valence-electron chi connectivity index (χ0n) is 14.5. The number of amides is 1. The van der Waals surface area contributed by atoms with Gasteiger partial charge in [0, 0.05) is 37.1 Å². The molecule has 0 saturated heterocycles. The summed E-state index contributed by atoms with van der Waals surface area (Å²) in [7, 11) is 0. The van der Waals surface area contributed by atoms with E-state index in [4.69, 9.17) is 0 Å². The van der Waals surface area contributed by atoms with E-state index in [-0.39, 0.29) is 5.91 Å². The molecule has 8 heteroatoms. The van der Waals surface area contributed by atoms with Crippen LogP contribution in [0.2, 0.25) is 0 Å². The van der Waals surface area contributed by atoms with Gasteiger partial charge in [-0.2, -0.15) is 5.10 Å². The molecular formula is C18H19FN6O. The molecule has 2 N–H and O–H groups in total. The minimum absolute atomic E-state index is 0.298. The smallest absolute Gasteiger partial charge is 0.251 e. The number of nitrogens with one attached hydrogen (secondary N) is 2. The van der Waals surface area contributed by atoms with Gasteiger partial charge >= 0.3 is 0 Å². The van der Waals surface area contributed by atoms with Crippen molar-refractivity contribution in [3.63, 3.8) is 0 Å². The molecule has 3 aromatic rings. The van der Waals surface area contributed by atoms with Crippen molar-refractivity contribution in [3.8, 4) is 5.82 Å². The van der Waals surface area contributed by atoms with Crippen LogP contribution in [0.15, 0.2) is 42.7 Å². The second kappa shape index (κ2) is 7.73. The maximum atomic E-state index is 13.5. The van der Waals surface area contributed by atoms with Crippen molar-refractivity contribution in [2.24, 2.45) is 0 Å². The molecule has 26 heavy (non-hydrogen) atoms. The predicted octanol–water partition coefficient (Wildman–Crippen LogP) is 2.26. The first-order chi connectivity index (χ1) is 12.5. The molecule has 1 amide bonds. The Hall–Kier alpha value is -3.29. The largest absolute Gasteiger partial charge is 0.368 e. The summed E-state index contributed by atoms with van der Waals surface area (Å²) in [6, 6.07) is 8.02. The third-order valence-electron chi connectivity index (χ3n) is 3.71. The highest BCUT2D eigenvalue weighted by atomic mass is 19.1. The maximum absolute atomic E-state index is 13.5. The fraction of sp³-hybridized carbons (Fsp3) is 0.222. The number of carbonyl (C=O) groups excluding carboxylic acids is 1. The second-order valence-electron chi connectivity index (χ2n) is 5.76. The van der Waals surface area contributed by atoms with Gasteiger partial charge in [-0.05, 0) is 37.6 Å². The van der Waals surface area contributed by atoms with Crippen molar-refractivity contribution < 1.29 is 9.18 Å². The van der Waals surface area contributed by atoms with Crippen molar-refractivity contribution in [1.29, 1.82) is 0 Å². The van der Waals surface area contributed by atoms with E-state index in [0.29, 0.717) is 41.7 Å². The number of aromatic nitrogens is 4. The van der Waals surface area contributed by atoms with E-state index in [1.807, 2.05) is 6.07 Å². The first kappa shape index (κ1) is 17.5. The fourth-order valence-corrected chi connectivity index (χ4v) is 2.37. The van der Waals surface area contributed by atoms with Gasteiger partial charge in [-0.3, -0.25) is 4.79 Å². The first-order valence-corrected chi connectivity index (χ1v) is 8.17. The number of rotatable bonds is 6. The third-order valence-corrected chi connectivity index (χ3v) is 3.71. The molecule has 0 spiro atoms. The van der Waals surface area contributed by atoms with Gasteiger partial charge < -0.3 is 10.6 Å². The highest BCUT2D eigenvalue weighted by molar-refractivity contribution is 5.94.